The molecule has 3 aromatic carbocycles. The van der Waals surface area contributed by atoms with Crippen LogP contribution in [0.4, 0.5) is 14.5 Å². The Labute approximate surface area is 202 Å². The molecule has 1 aliphatic heterocycles. The second-order valence-corrected chi connectivity index (χ2v) is 9.00. The second kappa shape index (κ2) is 9.37. The highest BCUT2D eigenvalue weighted by molar-refractivity contribution is 6.13. The number of amides is 1. The number of aliphatic imine (C=N–C) groups is 1. The largest absolute Gasteiger partial charge is 0.321 e. The van der Waals surface area contributed by atoms with Gasteiger partial charge in [-0.05, 0) is 42.5 Å². The van der Waals surface area contributed by atoms with Crippen LogP contribution < -0.4 is 5.32 Å². The highest BCUT2D eigenvalue weighted by Crippen LogP contribution is 2.46. The number of nitrogens with zero attached hydrogens (tertiary/aromatic N) is 1. The molecule has 1 amide bonds. The molecule has 0 spiro atoms. The summed E-state index contributed by atoms with van der Waals surface area (Å²) in [4.78, 5) is 31.8. The lowest BCUT2D eigenvalue weighted by atomic mass is 9.69. The average molecular weight is 471 g/mol. The van der Waals surface area contributed by atoms with Crippen molar-refractivity contribution < 1.29 is 18.4 Å². The van der Waals surface area contributed by atoms with Crippen molar-refractivity contribution in [1.29, 1.82) is 0 Å². The normalized spacial score (nSPS) is 21.9. The molecule has 0 aromatic heterocycles. The van der Waals surface area contributed by atoms with Gasteiger partial charge in [0.15, 0.2) is 5.78 Å². The molecular weight excluding hydrogens is 446 g/mol. The number of benzene rings is 3. The number of anilines is 1. The third kappa shape index (κ3) is 4.32. The topological polar surface area (TPSA) is 58.5 Å². The third-order valence-corrected chi connectivity index (χ3v) is 6.81. The SMILES string of the molecule is CC1=NC2=C(C(=O)C[C@@H](c3ccccc3)C2)[C@@H](c2ccccc2)C1C(=O)Nc1c(F)cccc1F. The molecule has 35 heavy (non-hydrogen) atoms. The number of rotatable bonds is 4. The summed E-state index contributed by atoms with van der Waals surface area (Å²) < 4.78 is 28.6. The molecule has 3 aromatic rings. The number of hydrogen-bond donors (Lipinski definition) is 1. The van der Waals surface area contributed by atoms with Crippen molar-refractivity contribution in [2.24, 2.45) is 10.9 Å². The van der Waals surface area contributed by atoms with Crippen LogP contribution in [0.1, 0.15) is 42.7 Å². The van der Waals surface area contributed by atoms with Crippen LogP contribution in [-0.4, -0.2) is 17.4 Å². The number of hydrogen-bond acceptors (Lipinski definition) is 3. The van der Waals surface area contributed by atoms with E-state index >= 15 is 0 Å². The molecule has 3 atom stereocenters. The van der Waals surface area contributed by atoms with E-state index in [0.717, 1.165) is 23.3 Å². The van der Waals surface area contributed by atoms with E-state index in [4.69, 9.17) is 4.99 Å². The van der Waals surface area contributed by atoms with Crippen molar-refractivity contribution in [3.05, 3.63) is 113 Å². The first-order valence-corrected chi connectivity index (χ1v) is 11.6. The number of ketones is 1. The van der Waals surface area contributed by atoms with Crippen LogP contribution in [0.15, 0.2) is 95.1 Å². The summed E-state index contributed by atoms with van der Waals surface area (Å²) in [6.07, 6.45) is 0.902. The molecule has 5 rings (SSSR count). The molecule has 176 valence electrons. The number of halogens is 2. The Morgan fingerprint density at radius 3 is 2.09 bits per heavy atom. The van der Waals surface area contributed by atoms with Gasteiger partial charge in [-0.2, -0.15) is 0 Å². The molecule has 1 N–H and O–H groups in total. The first-order valence-electron chi connectivity index (χ1n) is 11.6. The fourth-order valence-electron chi connectivity index (χ4n) is 5.20. The summed E-state index contributed by atoms with van der Waals surface area (Å²) in [6, 6.07) is 22.6. The summed E-state index contributed by atoms with van der Waals surface area (Å²) in [5, 5.41) is 2.42. The van der Waals surface area contributed by atoms with Crippen LogP contribution in [-0.2, 0) is 9.59 Å². The monoisotopic (exact) mass is 470 g/mol. The fraction of sp³-hybridized carbons (Fsp3) is 0.207. The molecule has 0 bridgehead atoms. The lowest BCUT2D eigenvalue weighted by Gasteiger charge is -2.37. The Morgan fingerprint density at radius 2 is 1.46 bits per heavy atom. The predicted octanol–water partition coefficient (Wildman–Crippen LogP) is 6.18. The maximum Gasteiger partial charge on any atom is 0.234 e. The molecule has 1 unspecified atom stereocenters. The quantitative estimate of drug-likeness (QED) is 0.495. The highest BCUT2D eigenvalue weighted by Gasteiger charge is 2.44. The van der Waals surface area contributed by atoms with Gasteiger partial charge in [0.2, 0.25) is 5.91 Å². The van der Waals surface area contributed by atoms with Gasteiger partial charge in [-0.1, -0.05) is 66.7 Å². The first kappa shape index (κ1) is 22.8. The lowest BCUT2D eigenvalue weighted by Crippen LogP contribution is -2.40. The molecule has 1 aliphatic carbocycles. The van der Waals surface area contributed by atoms with Gasteiger partial charge in [-0.3, -0.25) is 14.6 Å². The number of nitrogens with one attached hydrogen (secondary N) is 1. The van der Waals surface area contributed by atoms with E-state index in [0.29, 0.717) is 29.8 Å². The van der Waals surface area contributed by atoms with Crippen molar-refractivity contribution in [3.8, 4) is 0 Å². The van der Waals surface area contributed by atoms with Crippen LogP contribution >= 0.6 is 0 Å². The molecule has 0 fully saturated rings. The van der Waals surface area contributed by atoms with Crippen LogP contribution in [0.3, 0.4) is 0 Å². The van der Waals surface area contributed by atoms with Gasteiger partial charge in [0, 0.05) is 29.3 Å². The zero-order valence-electron chi connectivity index (χ0n) is 19.2. The number of Topliss-reactive ketones (excluding diaryl/α,β-unsaturated/α-hetero) is 1. The van der Waals surface area contributed by atoms with E-state index in [1.165, 1.54) is 6.07 Å². The minimum Gasteiger partial charge on any atom is -0.321 e. The van der Waals surface area contributed by atoms with Crippen molar-refractivity contribution in [1.82, 2.24) is 0 Å². The van der Waals surface area contributed by atoms with E-state index < -0.39 is 35.1 Å². The Balaban J connectivity index is 1.56. The van der Waals surface area contributed by atoms with Crippen LogP contribution in [0.25, 0.3) is 0 Å². The van der Waals surface area contributed by atoms with Gasteiger partial charge in [0.05, 0.1) is 5.92 Å². The second-order valence-electron chi connectivity index (χ2n) is 9.00. The fourth-order valence-corrected chi connectivity index (χ4v) is 5.20. The van der Waals surface area contributed by atoms with Crippen LogP contribution in [0.5, 0.6) is 0 Å². The number of carbonyl (C=O) groups is 2. The van der Waals surface area contributed by atoms with Crippen molar-refractivity contribution in [2.75, 3.05) is 5.32 Å². The number of carbonyl (C=O) groups excluding carboxylic acids is 2. The van der Waals surface area contributed by atoms with Gasteiger partial charge in [-0.15, -0.1) is 0 Å². The lowest BCUT2D eigenvalue weighted by molar-refractivity contribution is -0.119. The summed E-state index contributed by atoms with van der Waals surface area (Å²) in [7, 11) is 0. The summed E-state index contributed by atoms with van der Waals surface area (Å²) in [5.74, 6) is -3.85. The predicted molar refractivity (Wildman–Crippen MR) is 131 cm³/mol. The summed E-state index contributed by atoms with van der Waals surface area (Å²) >= 11 is 0. The van der Waals surface area contributed by atoms with Crippen molar-refractivity contribution >= 4 is 23.1 Å². The Morgan fingerprint density at radius 1 is 0.857 bits per heavy atom. The molecule has 6 heteroatoms. The smallest absolute Gasteiger partial charge is 0.234 e. The first-order chi connectivity index (χ1) is 16.9. The van der Waals surface area contributed by atoms with E-state index in [1.807, 2.05) is 60.7 Å². The molecule has 0 saturated carbocycles. The van der Waals surface area contributed by atoms with E-state index in [2.05, 4.69) is 5.32 Å². The number of allylic oxidation sites excluding steroid dienone is 2. The summed E-state index contributed by atoms with van der Waals surface area (Å²) in [6.45, 7) is 1.73. The Hall–Kier alpha value is -3.93. The van der Waals surface area contributed by atoms with Gasteiger partial charge in [0.25, 0.3) is 0 Å². The van der Waals surface area contributed by atoms with E-state index in [1.54, 1.807) is 6.92 Å². The third-order valence-electron chi connectivity index (χ3n) is 6.81. The Kier molecular flexibility index (Phi) is 6.12. The standard InChI is InChI=1S/C29H24F2N2O2/c1-17-25(29(35)33-28-21(30)13-8-14-22(28)31)26(19-11-6-3-7-12-19)27-23(32-17)15-20(16-24(27)34)18-9-4-2-5-10-18/h2-14,20,25-26H,15-16H2,1H3,(H,33,35)/t20-,25?,26-/m0/s1. The van der Waals surface area contributed by atoms with Crippen LogP contribution in [0.2, 0.25) is 0 Å². The van der Waals surface area contributed by atoms with Crippen LogP contribution in [0, 0.1) is 17.6 Å². The van der Waals surface area contributed by atoms with E-state index in [-0.39, 0.29) is 11.7 Å². The number of para-hydroxylation sites is 1. The van der Waals surface area contributed by atoms with Crippen molar-refractivity contribution in [3.63, 3.8) is 0 Å². The molecule has 4 nitrogen and oxygen atoms in total. The Bertz CT molecular complexity index is 1330. The minimum atomic E-state index is -0.882. The highest BCUT2D eigenvalue weighted by atomic mass is 19.1. The van der Waals surface area contributed by atoms with E-state index in [9.17, 15) is 18.4 Å². The maximum atomic E-state index is 14.3. The van der Waals surface area contributed by atoms with Gasteiger partial charge < -0.3 is 5.32 Å². The average Bonchev–Trinajstić information content (AvgIpc) is 2.86. The molecule has 2 aliphatic rings. The van der Waals surface area contributed by atoms with Gasteiger partial charge >= 0.3 is 0 Å². The molecule has 0 radical (unpaired) electrons. The molecule has 1 heterocycles. The minimum absolute atomic E-state index is 0.00769. The molecule has 0 saturated heterocycles. The van der Waals surface area contributed by atoms with Gasteiger partial charge in [0.1, 0.15) is 17.3 Å². The van der Waals surface area contributed by atoms with Crippen molar-refractivity contribution in [2.45, 2.75) is 31.6 Å². The zero-order chi connectivity index (χ0) is 24.5. The zero-order valence-corrected chi connectivity index (χ0v) is 19.2. The summed E-state index contributed by atoms with van der Waals surface area (Å²) in [5.41, 5.74) is 3.07. The van der Waals surface area contributed by atoms with Gasteiger partial charge in [-0.25, -0.2) is 8.78 Å². The maximum absolute atomic E-state index is 14.3. The molecular formula is C29H24F2N2O2.